The lowest BCUT2D eigenvalue weighted by molar-refractivity contribution is 0.959. The van der Waals surface area contributed by atoms with Crippen molar-refractivity contribution in [2.45, 2.75) is 6.92 Å². The summed E-state index contributed by atoms with van der Waals surface area (Å²) in [4.78, 5) is 30.3. The summed E-state index contributed by atoms with van der Waals surface area (Å²) in [5.41, 5.74) is 1.39. The molecule has 1 N–H and O–H groups in total. The summed E-state index contributed by atoms with van der Waals surface area (Å²) < 4.78 is 1.72. The Morgan fingerprint density at radius 1 is 1.04 bits per heavy atom. The van der Waals surface area contributed by atoms with E-state index in [-0.39, 0.29) is 11.4 Å². The molecule has 0 aromatic heterocycles. The van der Waals surface area contributed by atoms with Crippen molar-refractivity contribution in [1.82, 2.24) is 14.5 Å². The van der Waals surface area contributed by atoms with Crippen LogP contribution in [-0.2, 0) is 0 Å². The summed E-state index contributed by atoms with van der Waals surface area (Å²) in [5.74, 6) is 0.253. The van der Waals surface area contributed by atoms with Gasteiger partial charge < -0.3 is 0 Å². The highest BCUT2D eigenvalue weighted by molar-refractivity contribution is 6.35. The van der Waals surface area contributed by atoms with E-state index in [0.717, 1.165) is 11.1 Å². The number of rotatable bonds is 1. The van der Waals surface area contributed by atoms with Gasteiger partial charge >= 0.3 is 5.69 Å². The molecule has 5 nitrogen and oxygen atoms in total. The maximum atomic E-state index is 12.3. The van der Waals surface area contributed by atoms with Crippen LogP contribution in [0.25, 0.3) is 28.0 Å². The Morgan fingerprint density at radius 3 is 2.60 bits per heavy atom. The van der Waals surface area contributed by atoms with Crippen LogP contribution in [0.15, 0.2) is 52.1 Å². The lowest BCUT2D eigenvalue weighted by Gasteiger charge is -2.18. The van der Waals surface area contributed by atoms with Gasteiger partial charge in [0.15, 0.2) is 5.82 Å². The summed E-state index contributed by atoms with van der Waals surface area (Å²) in [6.45, 7) is 1.90. The molecule has 0 amide bonds. The summed E-state index contributed by atoms with van der Waals surface area (Å²) in [6.07, 6.45) is 0. The summed E-state index contributed by atoms with van der Waals surface area (Å²) >= 11 is 12.6. The van der Waals surface area contributed by atoms with E-state index in [1.807, 2.05) is 25.1 Å². The summed E-state index contributed by atoms with van der Waals surface area (Å²) in [6, 6.07) is 12.5. The van der Waals surface area contributed by atoms with Crippen molar-refractivity contribution < 1.29 is 0 Å². The highest BCUT2D eigenvalue weighted by Gasteiger charge is 2.19. The molecule has 4 rings (SSSR count). The first-order valence-corrected chi connectivity index (χ1v) is 8.22. The summed E-state index contributed by atoms with van der Waals surface area (Å²) in [5, 5.41) is 1.75. The van der Waals surface area contributed by atoms with Crippen molar-refractivity contribution in [2.75, 3.05) is 0 Å². The molecule has 2 aromatic carbocycles. The van der Waals surface area contributed by atoms with Crippen molar-refractivity contribution in [3.63, 3.8) is 0 Å². The fourth-order valence-corrected chi connectivity index (χ4v) is 3.25. The van der Waals surface area contributed by atoms with E-state index >= 15 is 0 Å². The molecule has 0 saturated carbocycles. The minimum Gasteiger partial charge on any atom is -0.294 e. The Hall–Kier alpha value is -2.63. The Balaban J connectivity index is 2.26. The molecule has 0 spiro atoms. The molecule has 25 heavy (non-hydrogen) atoms. The van der Waals surface area contributed by atoms with E-state index in [9.17, 15) is 9.59 Å². The normalized spacial score (nSPS) is 11.3. The summed E-state index contributed by atoms with van der Waals surface area (Å²) in [7, 11) is 0. The number of benzene rings is 2. The van der Waals surface area contributed by atoms with Crippen molar-refractivity contribution in [1.29, 1.82) is 0 Å². The number of halogens is 2. The van der Waals surface area contributed by atoms with Crippen LogP contribution in [-0.4, -0.2) is 14.5 Å². The molecule has 2 aromatic rings. The van der Waals surface area contributed by atoms with E-state index in [1.165, 1.54) is 0 Å². The highest BCUT2D eigenvalue weighted by atomic mass is 35.5. The molecule has 0 aliphatic carbocycles. The van der Waals surface area contributed by atoms with Gasteiger partial charge in [-0.2, -0.15) is 4.98 Å². The standard InChI is InChI=1S/C18H11Cl2N3O2/c1-9-5-6-10(7-14(9)20)23-15-4-2-3-13(19)11(15)8-12-16(23)21-18(25)22-17(12)24/h2-8H,1H3,(H,22,24,25). The first-order valence-electron chi connectivity index (χ1n) is 7.46. The van der Waals surface area contributed by atoms with Crippen LogP contribution in [0.3, 0.4) is 0 Å². The molecule has 2 aliphatic rings. The van der Waals surface area contributed by atoms with E-state index in [4.69, 9.17) is 23.2 Å². The van der Waals surface area contributed by atoms with Gasteiger partial charge in [0.2, 0.25) is 0 Å². The maximum absolute atomic E-state index is 12.3. The smallest absolute Gasteiger partial charge is 0.294 e. The van der Waals surface area contributed by atoms with Crippen molar-refractivity contribution in [3.8, 4) is 17.1 Å². The number of H-pyrrole nitrogens is 1. The fourth-order valence-electron chi connectivity index (χ4n) is 2.86. The highest BCUT2D eigenvalue weighted by Crippen LogP contribution is 2.32. The monoisotopic (exact) mass is 371 g/mol. The zero-order valence-corrected chi connectivity index (χ0v) is 14.5. The number of nitrogens with zero attached hydrogens (tertiary/aromatic N) is 2. The average Bonchev–Trinajstić information content (AvgIpc) is 2.56. The Bertz CT molecular complexity index is 1230. The molecule has 0 bridgehead atoms. The molecular formula is C18H11Cl2N3O2. The van der Waals surface area contributed by atoms with Crippen molar-refractivity contribution in [3.05, 3.63) is 78.9 Å². The average molecular weight is 372 g/mol. The maximum Gasteiger partial charge on any atom is 0.349 e. The van der Waals surface area contributed by atoms with E-state index < -0.39 is 11.2 Å². The van der Waals surface area contributed by atoms with Crippen LogP contribution < -0.4 is 11.2 Å². The zero-order chi connectivity index (χ0) is 17.7. The molecular weight excluding hydrogens is 361 g/mol. The predicted octanol–water partition coefficient (Wildman–Crippen LogP) is 3.79. The number of pyridine rings is 1. The third-order valence-corrected chi connectivity index (χ3v) is 4.84. The van der Waals surface area contributed by atoms with Gasteiger partial charge in [-0.1, -0.05) is 35.3 Å². The minimum atomic E-state index is -0.703. The number of aromatic nitrogens is 3. The molecule has 0 fully saturated rings. The van der Waals surface area contributed by atoms with E-state index in [0.29, 0.717) is 21.1 Å². The van der Waals surface area contributed by atoms with Crippen LogP contribution in [0, 0.1) is 6.92 Å². The van der Waals surface area contributed by atoms with Crippen LogP contribution in [0.4, 0.5) is 0 Å². The second-order valence-corrected chi connectivity index (χ2v) is 6.51. The molecule has 0 atom stereocenters. The number of hydrogen-bond donors (Lipinski definition) is 1. The number of hydrogen-bond acceptors (Lipinski definition) is 3. The van der Waals surface area contributed by atoms with Gasteiger partial charge in [-0.25, -0.2) is 4.79 Å². The minimum absolute atomic E-state index is 0.253. The molecule has 0 unspecified atom stereocenters. The number of nitrogens with one attached hydrogen (secondary N) is 1. The second kappa shape index (κ2) is 5.72. The largest absolute Gasteiger partial charge is 0.349 e. The first-order chi connectivity index (χ1) is 12.0. The molecule has 0 radical (unpaired) electrons. The lowest BCUT2D eigenvalue weighted by atomic mass is 10.1. The zero-order valence-electron chi connectivity index (χ0n) is 13.0. The Labute approximate surface area is 151 Å². The quantitative estimate of drug-likeness (QED) is 0.517. The van der Waals surface area contributed by atoms with Crippen LogP contribution >= 0.6 is 23.2 Å². The molecule has 0 saturated heterocycles. The van der Waals surface area contributed by atoms with Gasteiger partial charge in [0.25, 0.3) is 5.56 Å². The van der Waals surface area contributed by atoms with Gasteiger partial charge in [0, 0.05) is 21.1 Å². The predicted molar refractivity (Wildman–Crippen MR) is 99.3 cm³/mol. The van der Waals surface area contributed by atoms with Gasteiger partial charge in [0.05, 0.1) is 11.1 Å². The topological polar surface area (TPSA) is 67.8 Å². The van der Waals surface area contributed by atoms with Gasteiger partial charge in [-0.05, 0) is 42.8 Å². The van der Waals surface area contributed by atoms with E-state index in [2.05, 4.69) is 9.97 Å². The number of fused-ring (bicyclic) bond motifs is 2. The molecule has 2 heterocycles. The molecule has 7 heteroatoms. The first kappa shape index (κ1) is 15.9. The molecule has 124 valence electrons. The fraction of sp³-hybridized carbons (Fsp3) is 0.0556. The lowest BCUT2D eigenvalue weighted by Crippen LogP contribution is -2.27. The Kier molecular flexibility index (Phi) is 3.63. The van der Waals surface area contributed by atoms with Gasteiger partial charge in [-0.15, -0.1) is 0 Å². The van der Waals surface area contributed by atoms with Gasteiger partial charge in [0.1, 0.15) is 0 Å². The SMILES string of the molecule is Cc1ccc(-n2c3nc(=O)[nH]c(=O)c-3cc3c(Cl)cccc32)cc1Cl. The van der Waals surface area contributed by atoms with Gasteiger partial charge in [-0.3, -0.25) is 14.3 Å². The third-order valence-electron chi connectivity index (χ3n) is 4.10. The van der Waals surface area contributed by atoms with Crippen LogP contribution in [0.1, 0.15) is 5.56 Å². The molecule has 2 aliphatic heterocycles. The number of aryl methyl sites for hydroxylation is 1. The van der Waals surface area contributed by atoms with E-state index in [1.54, 1.807) is 28.8 Å². The number of aromatic amines is 1. The second-order valence-electron chi connectivity index (χ2n) is 5.69. The third kappa shape index (κ3) is 2.52. The van der Waals surface area contributed by atoms with Crippen molar-refractivity contribution >= 4 is 34.1 Å². The van der Waals surface area contributed by atoms with Crippen molar-refractivity contribution in [2.24, 2.45) is 0 Å². The van der Waals surface area contributed by atoms with Crippen LogP contribution in [0.5, 0.6) is 0 Å². The van der Waals surface area contributed by atoms with Crippen LogP contribution in [0.2, 0.25) is 10.0 Å². The Morgan fingerprint density at radius 2 is 1.84 bits per heavy atom.